The van der Waals surface area contributed by atoms with Crippen molar-refractivity contribution in [3.05, 3.63) is 34.4 Å². The molecule has 0 radical (unpaired) electrons. The highest BCUT2D eigenvalue weighted by atomic mass is 16.5. The lowest BCUT2D eigenvalue weighted by atomic mass is 9.42. The third-order valence-corrected chi connectivity index (χ3v) is 10.5. The zero-order valence-corrected chi connectivity index (χ0v) is 21.2. The lowest BCUT2D eigenvalue weighted by molar-refractivity contribution is -0.246. The maximum atomic E-state index is 12.5. The molecule has 7 nitrogen and oxygen atoms in total. The Hall–Kier alpha value is -2.15. The molecule has 35 heavy (non-hydrogen) atoms. The van der Waals surface area contributed by atoms with Gasteiger partial charge in [0.05, 0.1) is 11.9 Å². The molecule has 9 atom stereocenters. The standard InChI is InChI=1S/C28H38O7/c1-16(29)34-20-9-11-26(3)19(13-20)6-7-22-25(26)23(35-17(2)30)14-27(4)21(10-12-28(22,27)32)18-5-8-24(31)33-15-18/h5,8,15,19-23,25,32H,6-7,9-14H2,1-4H3/t19-,20+,21-,22?,23-,25?,26+,27-,28+/m1/s1. The Morgan fingerprint density at radius 1 is 1.03 bits per heavy atom. The van der Waals surface area contributed by atoms with E-state index in [1.165, 1.54) is 26.2 Å². The van der Waals surface area contributed by atoms with Gasteiger partial charge in [0.25, 0.3) is 0 Å². The number of rotatable bonds is 3. The molecule has 4 aliphatic rings. The Kier molecular flexibility index (Phi) is 5.93. The van der Waals surface area contributed by atoms with Crippen molar-refractivity contribution in [2.24, 2.45) is 28.6 Å². The molecule has 1 aromatic rings. The van der Waals surface area contributed by atoms with Crippen LogP contribution in [0.3, 0.4) is 0 Å². The minimum atomic E-state index is -0.893. The fraction of sp³-hybridized carbons (Fsp3) is 0.750. The fourth-order valence-corrected chi connectivity index (χ4v) is 9.02. The van der Waals surface area contributed by atoms with E-state index in [-0.39, 0.29) is 52.9 Å². The Labute approximate surface area is 206 Å². The summed E-state index contributed by atoms with van der Waals surface area (Å²) in [7, 11) is 0. The van der Waals surface area contributed by atoms with Crippen molar-refractivity contribution in [2.75, 3.05) is 0 Å². The van der Waals surface area contributed by atoms with Crippen molar-refractivity contribution in [3.8, 4) is 0 Å². The number of carbonyl (C=O) groups excluding carboxylic acids is 2. The van der Waals surface area contributed by atoms with Gasteiger partial charge in [-0.2, -0.15) is 0 Å². The number of ether oxygens (including phenoxy) is 2. The Balaban J connectivity index is 1.52. The van der Waals surface area contributed by atoms with Gasteiger partial charge >= 0.3 is 17.6 Å². The molecule has 4 saturated carbocycles. The number of carbonyl (C=O) groups is 2. The summed E-state index contributed by atoms with van der Waals surface area (Å²) < 4.78 is 16.9. The third kappa shape index (κ3) is 3.76. The maximum Gasteiger partial charge on any atom is 0.335 e. The Morgan fingerprint density at radius 3 is 2.43 bits per heavy atom. The molecule has 0 saturated heterocycles. The van der Waals surface area contributed by atoms with E-state index in [0.717, 1.165) is 44.1 Å². The summed E-state index contributed by atoms with van der Waals surface area (Å²) in [6.45, 7) is 7.37. The van der Waals surface area contributed by atoms with Crippen molar-refractivity contribution < 1.29 is 28.6 Å². The van der Waals surface area contributed by atoms with Gasteiger partial charge in [-0.15, -0.1) is 0 Å². The first kappa shape index (κ1) is 24.5. The van der Waals surface area contributed by atoms with Gasteiger partial charge in [-0.05, 0) is 86.2 Å². The van der Waals surface area contributed by atoms with Crippen LogP contribution in [0.1, 0.15) is 90.5 Å². The van der Waals surface area contributed by atoms with E-state index >= 15 is 0 Å². The number of fused-ring (bicyclic) bond motifs is 5. The van der Waals surface area contributed by atoms with E-state index in [0.29, 0.717) is 18.8 Å². The van der Waals surface area contributed by atoms with Crippen LogP contribution in [-0.4, -0.2) is 34.9 Å². The normalized spacial score (nSPS) is 44.5. The van der Waals surface area contributed by atoms with Crippen LogP contribution >= 0.6 is 0 Å². The molecule has 7 heteroatoms. The molecule has 0 amide bonds. The van der Waals surface area contributed by atoms with Gasteiger partial charge < -0.3 is 19.0 Å². The largest absolute Gasteiger partial charge is 0.463 e. The minimum Gasteiger partial charge on any atom is -0.463 e. The summed E-state index contributed by atoms with van der Waals surface area (Å²) in [6.07, 6.45) is 7.56. The molecular weight excluding hydrogens is 448 g/mol. The van der Waals surface area contributed by atoms with Crippen molar-refractivity contribution in [3.63, 3.8) is 0 Å². The van der Waals surface area contributed by atoms with E-state index in [4.69, 9.17) is 13.9 Å². The van der Waals surface area contributed by atoms with E-state index in [2.05, 4.69) is 13.8 Å². The van der Waals surface area contributed by atoms with Crippen LogP contribution in [0.4, 0.5) is 0 Å². The lowest BCUT2D eigenvalue weighted by Crippen LogP contribution is -2.66. The summed E-state index contributed by atoms with van der Waals surface area (Å²) in [5, 5.41) is 12.5. The lowest BCUT2D eigenvalue weighted by Gasteiger charge is -2.65. The number of hydrogen-bond acceptors (Lipinski definition) is 7. The van der Waals surface area contributed by atoms with Gasteiger partial charge in [-0.3, -0.25) is 9.59 Å². The minimum absolute atomic E-state index is 0.0119. The summed E-state index contributed by atoms with van der Waals surface area (Å²) in [5.74, 6) is -0.0923. The number of aliphatic hydroxyl groups is 1. The summed E-state index contributed by atoms with van der Waals surface area (Å²) in [5.41, 5.74) is -0.967. The van der Waals surface area contributed by atoms with Gasteiger partial charge in [-0.25, -0.2) is 4.79 Å². The van der Waals surface area contributed by atoms with Gasteiger partial charge in [0.15, 0.2) is 0 Å². The van der Waals surface area contributed by atoms with Gasteiger partial charge in [0, 0.05) is 31.2 Å². The topological polar surface area (TPSA) is 103 Å². The van der Waals surface area contributed by atoms with E-state index in [1.54, 1.807) is 0 Å². The van der Waals surface area contributed by atoms with Gasteiger partial charge in [-0.1, -0.05) is 13.8 Å². The van der Waals surface area contributed by atoms with Crippen molar-refractivity contribution in [1.82, 2.24) is 0 Å². The predicted octanol–water partition coefficient (Wildman–Crippen LogP) is 4.35. The summed E-state index contributed by atoms with van der Waals surface area (Å²) in [4.78, 5) is 35.5. The van der Waals surface area contributed by atoms with E-state index < -0.39 is 11.0 Å². The first-order valence-electron chi connectivity index (χ1n) is 13.1. The first-order chi connectivity index (χ1) is 16.5. The van der Waals surface area contributed by atoms with Crippen LogP contribution in [-0.2, 0) is 19.1 Å². The second-order valence-corrected chi connectivity index (χ2v) is 12.1. The quantitative estimate of drug-likeness (QED) is 0.634. The molecule has 192 valence electrons. The van der Waals surface area contributed by atoms with Crippen LogP contribution in [0.15, 0.2) is 27.6 Å². The molecule has 2 unspecified atom stereocenters. The smallest absolute Gasteiger partial charge is 0.335 e. The molecule has 0 aliphatic heterocycles. The van der Waals surface area contributed by atoms with E-state index in [1.807, 2.05) is 6.07 Å². The third-order valence-electron chi connectivity index (χ3n) is 10.5. The average molecular weight is 487 g/mol. The zero-order chi connectivity index (χ0) is 25.2. The fourth-order valence-electron chi connectivity index (χ4n) is 9.02. The van der Waals surface area contributed by atoms with Crippen molar-refractivity contribution in [2.45, 2.75) is 103 Å². The van der Waals surface area contributed by atoms with Gasteiger partial charge in [0.1, 0.15) is 12.2 Å². The molecule has 4 aliphatic carbocycles. The molecule has 0 bridgehead atoms. The highest BCUT2D eigenvalue weighted by molar-refractivity contribution is 5.66. The monoisotopic (exact) mass is 486 g/mol. The molecule has 1 N–H and O–H groups in total. The van der Waals surface area contributed by atoms with Crippen LogP contribution in [0.2, 0.25) is 0 Å². The Morgan fingerprint density at radius 2 is 1.77 bits per heavy atom. The Bertz CT molecular complexity index is 1040. The highest BCUT2D eigenvalue weighted by Gasteiger charge is 2.70. The number of hydrogen-bond donors (Lipinski definition) is 1. The summed E-state index contributed by atoms with van der Waals surface area (Å²) in [6, 6.07) is 3.26. The second-order valence-electron chi connectivity index (χ2n) is 12.1. The molecule has 1 heterocycles. The molecule has 0 aromatic carbocycles. The zero-order valence-electron chi connectivity index (χ0n) is 21.2. The molecular formula is C28H38O7. The first-order valence-corrected chi connectivity index (χ1v) is 13.1. The van der Waals surface area contributed by atoms with Crippen LogP contribution in [0, 0.1) is 28.6 Å². The van der Waals surface area contributed by atoms with Gasteiger partial charge in [0.2, 0.25) is 0 Å². The summed E-state index contributed by atoms with van der Waals surface area (Å²) >= 11 is 0. The van der Waals surface area contributed by atoms with E-state index in [9.17, 15) is 19.5 Å². The van der Waals surface area contributed by atoms with Crippen LogP contribution < -0.4 is 5.63 Å². The average Bonchev–Trinajstić information content (AvgIpc) is 3.05. The molecule has 5 rings (SSSR count). The predicted molar refractivity (Wildman–Crippen MR) is 127 cm³/mol. The van der Waals surface area contributed by atoms with Crippen molar-refractivity contribution in [1.29, 1.82) is 0 Å². The molecule has 4 fully saturated rings. The van der Waals surface area contributed by atoms with Crippen LogP contribution in [0.25, 0.3) is 0 Å². The second kappa shape index (κ2) is 8.46. The number of esters is 2. The SMILES string of the molecule is CC(=O)O[C@H]1CC[C@]2(C)C3C(CC[C@@H]2C1)[C@@]1(O)CC[C@H](c2ccc(=O)oc2)[C@@]1(C)C[C@H]3OC(C)=O. The highest BCUT2D eigenvalue weighted by Crippen LogP contribution is 2.71. The van der Waals surface area contributed by atoms with Crippen molar-refractivity contribution >= 4 is 11.9 Å². The molecule has 1 aromatic heterocycles. The van der Waals surface area contributed by atoms with Crippen LogP contribution in [0.5, 0.6) is 0 Å². The maximum absolute atomic E-state index is 12.5. The molecule has 0 spiro atoms.